The SMILES string of the molecule is Cc1cc(N2N=C3CCCCCC3C2=O)nc(C)n1. The second-order valence-electron chi connectivity index (χ2n) is 5.31. The van der Waals surface area contributed by atoms with Gasteiger partial charge in [0.25, 0.3) is 5.91 Å². The summed E-state index contributed by atoms with van der Waals surface area (Å²) in [7, 11) is 0. The molecule has 1 atom stereocenters. The van der Waals surface area contributed by atoms with E-state index in [9.17, 15) is 4.79 Å². The number of aryl methyl sites for hydroxylation is 2. The summed E-state index contributed by atoms with van der Waals surface area (Å²) >= 11 is 0. The number of rotatable bonds is 1. The lowest BCUT2D eigenvalue weighted by molar-refractivity contribution is -0.119. The van der Waals surface area contributed by atoms with Gasteiger partial charge in [0.05, 0.1) is 11.6 Å². The number of fused-ring (bicyclic) bond motifs is 1. The number of carbonyl (C=O) groups excluding carboxylic acids is 1. The van der Waals surface area contributed by atoms with Gasteiger partial charge in [0, 0.05) is 11.8 Å². The zero-order valence-electron chi connectivity index (χ0n) is 11.4. The van der Waals surface area contributed by atoms with Crippen molar-refractivity contribution in [1.29, 1.82) is 0 Å². The molecule has 5 heteroatoms. The smallest absolute Gasteiger partial charge is 0.257 e. The number of carbonyl (C=O) groups is 1. The molecule has 2 heterocycles. The van der Waals surface area contributed by atoms with Crippen molar-refractivity contribution in [2.24, 2.45) is 11.0 Å². The molecule has 1 aliphatic heterocycles. The Morgan fingerprint density at radius 3 is 2.84 bits per heavy atom. The molecule has 1 saturated carbocycles. The molecule has 0 radical (unpaired) electrons. The highest BCUT2D eigenvalue weighted by molar-refractivity contribution is 6.15. The van der Waals surface area contributed by atoms with Gasteiger partial charge >= 0.3 is 0 Å². The number of amides is 1. The van der Waals surface area contributed by atoms with Crippen LogP contribution in [-0.2, 0) is 4.79 Å². The summed E-state index contributed by atoms with van der Waals surface area (Å²) in [6, 6.07) is 1.82. The Balaban J connectivity index is 1.95. The summed E-state index contributed by atoms with van der Waals surface area (Å²) in [4.78, 5) is 21.0. The van der Waals surface area contributed by atoms with Gasteiger partial charge in [-0.3, -0.25) is 4.79 Å². The molecule has 0 aromatic carbocycles. The van der Waals surface area contributed by atoms with Gasteiger partial charge < -0.3 is 0 Å². The number of hydrogen-bond acceptors (Lipinski definition) is 4. The first kappa shape index (κ1) is 12.3. The molecule has 1 aliphatic carbocycles. The van der Waals surface area contributed by atoms with Gasteiger partial charge in [-0.2, -0.15) is 10.1 Å². The lowest BCUT2D eigenvalue weighted by Crippen LogP contribution is -2.28. The summed E-state index contributed by atoms with van der Waals surface area (Å²) in [5.74, 6) is 1.35. The molecule has 3 rings (SSSR count). The van der Waals surface area contributed by atoms with Crippen LogP contribution < -0.4 is 5.01 Å². The zero-order chi connectivity index (χ0) is 13.4. The minimum atomic E-state index is -0.0157. The highest BCUT2D eigenvalue weighted by Crippen LogP contribution is 2.30. The van der Waals surface area contributed by atoms with Crippen LogP contribution >= 0.6 is 0 Å². The molecule has 1 unspecified atom stereocenters. The molecular formula is C14H18N4O. The van der Waals surface area contributed by atoms with Crippen molar-refractivity contribution in [3.05, 3.63) is 17.6 Å². The molecule has 0 spiro atoms. The molecule has 0 saturated heterocycles. The molecular weight excluding hydrogens is 240 g/mol. The minimum absolute atomic E-state index is 0.0157. The second-order valence-corrected chi connectivity index (χ2v) is 5.31. The van der Waals surface area contributed by atoms with Crippen molar-refractivity contribution < 1.29 is 4.79 Å². The predicted octanol–water partition coefficient (Wildman–Crippen LogP) is 2.38. The third-order valence-corrected chi connectivity index (χ3v) is 3.73. The van der Waals surface area contributed by atoms with Gasteiger partial charge in [0.1, 0.15) is 5.82 Å². The summed E-state index contributed by atoms with van der Waals surface area (Å²) in [5, 5.41) is 5.99. The largest absolute Gasteiger partial charge is 0.272 e. The molecule has 1 aromatic rings. The van der Waals surface area contributed by atoms with Gasteiger partial charge in [-0.15, -0.1) is 0 Å². The number of hydrogen-bond donors (Lipinski definition) is 0. The Bertz CT molecular complexity index is 532. The second kappa shape index (κ2) is 4.72. The normalized spacial score (nSPS) is 23.1. The molecule has 0 bridgehead atoms. The van der Waals surface area contributed by atoms with E-state index in [1.807, 2.05) is 19.9 Å². The number of anilines is 1. The van der Waals surface area contributed by atoms with Crippen LogP contribution in [0.4, 0.5) is 5.82 Å². The standard InChI is InChI=1S/C14H18N4O/c1-9-8-13(16-10(2)15-9)18-14(19)11-6-4-3-5-7-12(11)17-18/h8,11H,3-7H2,1-2H3. The first-order valence-electron chi connectivity index (χ1n) is 6.89. The molecule has 1 amide bonds. The van der Waals surface area contributed by atoms with Crippen molar-refractivity contribution >= 4 is 17.4 Å². The number of nitrogens with zero attached hydrogens (tertiary/aromatic N) is 4. The Morgan fingerprint density at radius 1 is 1.21 bits per heavy atom. The molecule has 100 valence electrons. The van der Waals surface area contributed by atoms with Gasteiger partial charge in [-0.1, -0.05) is 12.8 Å². The lowest BCUT2D eigenvalue weighted by Gasteiger charge is -2.13. The maximum Gasteiger partial charge on any atom is 0.257 e. The monoisotopic (exact) mass is 258 g/mol. The summed E-state index contributed by atoms with van der Waals surface area (Å²) < 4.78 is 0. The van der Waals surface area contributed by atoms with E-state index in [1.165, 1.54) is 11.4 Å². The maximum atomic E-state index is 12.5. The number of aromatic nitrogens is 2. The summed E-state index contributed by atoms with van der Waals surface area (Å²) in [6.07, 6.45) is 5.32. The highest BCUT2D eigenvalue weighted by atomic mass is 16.2. The van der Waals surface area contributed by atoms with Gasteiger partial charge in [0.2, 0.25) is 0 Å². The molecule has 1 aromatic heterocycles. The predicted molar refractivity (Wildman–Crippen MR) is 73.0 cm³/mol. The van der Waals surface area contributed by atoms with E-state index in [4.69, 9.17) is 0 Å². The maximum absolute atomic E-state index is 12.5. The van der Waals surface area contributed by atoms with E-state index >= 15 is 0 Å². The van der Waals surface area contributed by atoms with Gasteiger partial charge in [-0.25, -0.2) is 9.97 Å². The highest BCUT2D eigenvalue weighted by Gasteiger charge is 2.37. The molecule has 19 heavy (non-hydrogen) atoms. The van der Waals surface area contributed by atoms with E-state index < -0.39 is 0 Å². The topological polar surface area (TPSA) is 58.5 Å². The summed E-state index contributed by atoms with van der Waals surface area (Å²) in [6.45, 7) is 3.74. The van der Waals surface area contributed by atoms with Crippen molar-refractivity contribution in [3.8, 4) is 0 Å². The van der Waals surface area contributed by atoms with Crippen LogP contribution in [0.1, 0.15) is 43.6 Å². The fourth-order valence-corrected chi connectivity index (χ4v) is 2.85. The fourth-order valence-electron chi connectivity index (χ4n) is 2.85. The molecule has 0 N–H and O–H groups in total. The van der Waals surface area contributed by atoms with E-state index in [1.54, 1.807) is 0 Å². The van der Waals surface area contributed by atoms with Crippen LogP contribution in [-0.4, -0.2) is 21.6 Å². The quantitative estimate of drug-likeness (QED) is 0.777. The van der Waals surface area contributed by atoms with Crippen LogP contribution in [0.5, 0.6) is 0 Å². The van der Waals surface area contributed by atoms with Gasteiger partial charge in [0.15, 0.2) is 5.82 Å². The third kappa shape index (κ3) is 2.25. The zero-order valence-corrected chi connectivity index (χ0v) is 11.4. The Morgan fingerprint density at radius 2 is 2.05 bits per heavy atom. The lowest BCUT2D eigenvalue weighted by atomic mass is 9.98. The Kier molecular flexibility index (Phi) is 3.05. The van der Waals surface area contributed by atoms with E-state index in [0.29, 0.717) is 11.6 Å². The Labute approximate surface area is 112 Å². The van der Waals surface area contributed by atoms with Gasteiger partial charge in [-0.05, 0) is 33.1 Å². The summed E-state index contributed by atoms with van der Waals surface area (Å²) in [5.41, 5.74) is 1.90. The van der Waals surface area contributed by atoms with Crippen LogP contribution in [0.15, 0.2) is 11.2 Å². The van der Waals surface area contributed by atoms with Crippen molar-refractivity contribution in [1.82, 2.24) is 9.97 Å². The van der Waals surface area contributed by atoms with E-state index in [2.05, 4.69) is 15.1 Å². The van der Waals surface area contributed by atoms with Crippen LogP contribution in [0.2, 0.25) is 0 Å². The minimum Gasteiger partial charge on any atom is -0.272 e. The molecule has 1 fully saturated rings. The average Bonchev–Trinajstić information content (AvgIpc) is 2.55. The molecule has 5 nitrogen and oxygen atoms in total. The van der Waals surface area contributed by atoms with E-state index in [-0.39, 0.29) is 11.8 Å². The third-order valence-electron chi connectivity index (χ3n) is 3.73. The van der Waals surface area contributed by atoms with Crippen molar-refractivity contribution in [2.75, 3.05) is 5.01 Å². The van der Waals surface area contributed by atoms with Crippen molar-refractivity contribution in [2.45, 2.75) is 46.0 Å². The van der Waals surface area contributed by atoms with Crippen LogP contribution in [0.25, 0.3) is 0 Å². The van der Waals surface area contributed by atoms with E-state index in [0.717, 1.165) is 37.1 Å². The Hall–Kier alpha value is -1.78. The number of hydrazone groups is 1. The van der Waals surface area contributed by atoms with Crippen molar-refractivity contribution in [3.63, 3.8) is 0 Å². The first-order valence-corrected chi connectivity index (χ1v) is 6.89. The average molecular weight is 258 g/mol. The van der Waals surface area contributed by atoms with Crippen LogP contribution in [0.3, 0.4) is 0 Å². The first-order chi connectivity index (χ1) is 9.15. The van der Waals surface area contributed by atoms with Crippen LogP contribution in [0, 0.1) is 19.8 Å². The molecule has 2 aliphatic rings. The fraction of sp³-hybridized carbons (Fsp3) is 0.571.